The first-order valence-corrected chi connectivity index (χ1v) is 9.12. The van der Waals surface area contributed by atoms with Crippen molar-refractivity contribution in [3.05, 3.63) is 79.9 Å². The fraction of sp³-hybridized carbons (Fsp3) is 0.118. The SMILES string of the molecule is Cc1cc(=O)[nH]c2ccc(CS(=O)(=O)c3cc([N+](=O)[O-])ccc3F)cc12. The number of hydrogen-bond acceptors (Lipinski definition) is 5. The summed E-state index contributed by atoms with van der Waals surface area (Å²) in [6, 6.07) is 8.44. The smallest absolute Gasteiger partial charge is 0.270 e. The summed E-state index contributed by atoms with van der Waals surface area (Å²) < 4.78 is 39.1. The third-order valence-electron chi connectivity index (χ3n) is 3.93. The number of nitrogens with zero attached hydrogens (tertiary/aromatic N) is 1. The van der Waals surface area contributed by atoms with Crippen molar-refractivity contribution in [3.8, 4) is 0 Å². The number of nitro groups is 1. The minimum absolute atomic E-state index is 0.269. The fourth-order valence-electron chi connectivity index (χ4n) is 2.70. The highest BCUT2D eigenvalue weighted by molar-refractivity contribution is 7.90. The van der Waals surface area contributed by atoms with Gasteiger partial charge in [0.1, 0.15) is 10.7 Å². The van der Waals surface area contributed by atoms with Gasteiger partial charge in [-0.3, -0.25) is 14.9 Å². The molecule has 0 amide bonds. The van der Waals surface area contributed by atoms with Gasteiger partial charge in [-0.05, 0) is 36.2 Å². The Bertz CT molecular complexity index is 1200. The predicted molar refractivity (Wildman–Crippen MR) is 93.2 cm³/mol. The number of H-pyrrole nitrogens is 1. The number of fused-ring (bicyclic) bond motifs is 1. The van der Waals surface area contributed by atoms with Crippen LogP contribution in [0.2, 0.25) is 0 Å². The summed E-state index contributed by atoms with van der Waals surface area (Å²) in [5.41, 5.74) is 0.826. The molecular formula is C17H13FN2O5S. The van der Waals surface area contributed by atoms with Gasteiger partial charge >= 0.3 is 0 Å². The van der Waals surface area contributed by atoms with Gasteiger partial charge in [-0.2, -0.15) is 0 Å². The number of pyridine rings is 1. The summed E-state index contributed by atoms with van der Waals surface area (Å²) >= 11 is 0. The van der Waals surface area contributed by atoms with Gasteiger partial charge in [-0.15, -0.1) is 0 Å². The largest absolute Gasteiger partial charge is 0.322 e. The molecule has 3 aromatic rings. The molecule has 9 heteroatoms. The number of sulfone groups is 1. The molecule has 0 aliphatic heterocycles. The van der Waals surface area contributed by atoms with Crippen molar-refractivity contribution in [1.29, 1.82) is 0 Å². The Morgan fingerprint density at radius 1 is 1.15 bits per heavy atom. The van der Waals surface area contributed by atoms with E-state index in [-0.39, 0.29) is 5.56 Å². The van der Waals surface area contributed by atoms with Crippen LogP contribution in [0.4, 0.5) is 10.1 Å². The lowest BCUT2D eigenvalue weighted by Crippen LogP contribution is -2.09. The number of nitro benzene ring substituents is 1. The van der Waals surface area contributed by atoms with E-state index in [1.165, 1.54) is 12.1 Å². The highest BCUT2D eigenvalue weighted by atomic mass is 32.2. The van der Waals surface area contributed by atoms with Crippen LogP contribution in [0.5, 0.6) is 0 Å². The quantitative estimate of drug-likeness (QED) is 0.556. The number of aromatic amines is 1. The zero-order valence-corrected chi connectivity index (χ0v) is 14.3. The van der Waals surface area contributed by atoms with E-state index in [1.807, 2.05) is 0 Å². The maximum Gasteiger partial charge on any atom is 0.270 e. The molecule has 0 saturated carbocycles. The molecule has 1 heterocycles. The number of aromatic nitrogens is 1. The van der Waals surface area contributed by atoms with Gasteiger partial charge in [0.15, 0.2) is 9.84 Å². The topological polar surface area (TPSA) is 110 Å². The van der Waals surface area contributed by atoms with Gasteiger partial charge in [-0.1, -0.05) is 6.07 Å². The number of aryl methyl sites for hydroxylation is 1. The zero-order chi connectivity index (χ0) is 19.1. The number of hydrogen-bond donors (Lipinski definition) is 1. The molecule has 1 N–H and O–H groups in total. The lowest BCUT2D eigenvalue weighted by atomic mass is 10.1. The highest BCUT2D eigenvalue weighted by Gasteiger charge is 2.23. The van der Waals surface area contributed by atoms with Gasteiger partial charge in [0.2, 0.25) is 5.56 Å². The summed E-state index contributed by atoms with van der Waals surface area (Å²) in [6.07, 6.45) is 0. The molecule has 26 heavy (non-hydrogen) atoms. The average molecular weight is 376 g/mol. The van der Waals surface area contributed by atoms with Crippen LogP contribution in [-0.2, 0) is 15.6 Å². The highest BCUT2D eigenvalue weighted by Crippen LogP contribution is 2.25. The third-order valence-corrected chi connectivity index (χ3v) is 5.63. The van der Waals surface area contributed by atoms with Crippen LogP contribution < -0.4 is 5.56 Å². The molecule has 7 nitrogen and oxygen atoms in total. The van der Waals surface area contributed by atoms with Crippen molar-refractivity contribution in [2.24, 2.45) is 0 Å². The third kappa shape index (κ3) is 3.33. The molecule has 1 aromatic heterocycles. The first-order valence-electron chi connectivity index (χ1n) is 7.46. The molecular weight excluding hydrogens is 363 g/mol. The summed E-state index contributed by atoms with van der Waals surface area (Å²) in [7, 11) is -4.14. The standard InChI is InChI=1S/C17H13FN2O5S/c1-10-6-17(21)19-15-5-2-11(7-13(10)15)9-26(24,25)16-8-12(20(22)23)3-4-14(16)18/h2-8H,9H2,1H3,(H,19,21). The van der Waals surface area contributed by atoms with Crippen LogP contribution in [0.15, 0.2) is 52.2 Å². The first-order chi connectivity index (χ1) is 12.2. The molecule has 0 unspecified atom stereocenters. The Morgan fingerprint density at radius 3 is 2.58 bits per heavy atom. The molecule has 0 radical (unpaired) electrons. The first kappa shape index (κ1) is 17.7. The van der Waals surface area contributed by atoms with Gasteiger partial charge in [-0.25, -0.2) is 12.8 Å². The van der Waals surface area contributed by atoms with E-state index in [1.54, 1.807) is 19.1 Å². The Hall–Kier alpha value is -3.07. The lowest BCUT2D eigenvalue weighted by Gasteiger charge is -2.08. The Kier molecular flexibility index (Phi) is 4.33. The summed E-state index contributed by atoms with van der Waals surface area (Å²) in [6.45, 7) is 1.72. The van der Waals surface area contributed by atoms with E-state index in [4.69, 9.17) is 0 Å². The second kappa shape index (κ2) is 6.34. The molecule has 0 aliphatic rings. The van der Waals surface area contributed by atoms with Crippen molar-refractivity contribution < 1.29 is 17.7 Å². The van der Waals surface area contributed by atoms with E-state index in [0.717, 1.165) is 12.1 Å². The Morgan fingerprint density at radius 2 is 1.88 bits per heavy atom. The van der Waals surface area contributed by atoms with E-state index in [2.05, 4.69) is 4.98 Å². The van der Waals surface area contributed by atoms with E-state index >= 15 is 0 Å². The molecule has 134 valence electrons. The predicted octanol–water partition coefficient (Wildman–Crippen LogP) is 2.86. The molecule has 3 rings (SSSR count). The molecule has 0 atom stereocenters. The number of nitrogens with one attached hydrogen (secondary N) is 1. The second-order valence-corrected chi connectivity index (χ2v) is 7.79. The van der Waals surface area contributed by atoms with E-state index < -0.39 is 36.9 Å². The number of non-ortho nitro benzene ring substituents is 1. The molecule has 0 aliphatic carbocycles. The zero-order valence-electron chi connectivity index (χ0n) is 13.5. The van der Waals surface area contributed by atoms with Gasteiger partial charge < -0.3 is 4.98 Å². The van der Waals surface area contributed by atoms with Gasteiger partial charge in [0.25, 0.3) is 5.69 Å². The molecule has 0 bridgehead atoms. The molecule has 0 fully saturated rings. The van der Waals surface area contributed by atoms with Crippen LogP contribution in [-0.4, -0.2) is 18.3 Å². The number of benzene rings is 2. The maximum atomic E-state index is 14.0. The molecule has 0 spiro atoms. The minimum Gasteiger partial charge on any atom is -0.322 e. The van der Waals surface area contributed by atoms with E-state index in [0.29, 0.717) is 28.1 Å². The Labute approximate surface area is 147 Å². The van der Waals surface area contributed by atoms with Crippen LogP contribution in [0, 0.1) is 22.9 Å². The van der Waals surface area contributed by atoms with Crippen molar-refractivity contribution >= 4 is 26.4 Å². The van der Waals surface area contributed by atoms with Crippen LogP contribution in [0.1, 0.15) is 11.1 Å². The molecule has 0 saturated heterocycles. The van der Waals surface area contributed by atoms with Crippen molar-refractivity contribution in [3.63, 3.8) is 0 Å². The van der Waals surface area contributed by atoms with Crippen LogP contribution in [0.25, 0.3) is 10.9 Å². The van der Waals surface area contributed by atoms with E-state index in [9.17, 15) is 27.7 Å². The number of rotatable bonds is 4. The van der Waals surface area contributed by atoms with Gasteiger partial charge in [0.05, 0.1) is 10.7 Å². The summed E-state index contributed by atoms with van der Waals surface area (Å²) in [5.74, 6) is -1.57. The van der Waals surface area contributed by atoms with Crippen molar-refractivity contribution in [2.75, 3.05) is 0 Å². The monoisotopic (exact) mass is 376 g/mol. The van der Waals surface area contributed by atoms with Crippen molar-refractivity contribution in [1.82, 2.24) is 4.98 Å². The Balaban J connectivity index is 2.05. The van der Waals surface area contributed by atoms with Crippen LogP contribution >= 0.6 is 0 Å². The van der Waals surface area contributed by atoms with Crippen LogP contribution in [0.3, 0.4) is 0 Å². The fourth-order valence-corrected chi connectivity index (χ4v) is 4.14. The lowest BCUT2D eigenvalue weighted by molar-refractivity contribution is -0.385. The summed E-state index contributed by atoms with van der Waals surface area (Å²) in [5, 5.41) is 11.5. The summed E-state index contributed by atoms with van der Waals surface area (Å²) in [4.78, 5) is 23.4. The number of halogens is 1. The second-order valence-electron chi connectivity index (χ2n) is 5.83. The van der Waals surface area contributed by atoms with Gasteiger partial charge in [0, 0.05) is 29.1 Å². The maximum absolute atomic E-state index is 14.0. The molecule has 2 aromatic carbocycles. The minimum atomic E-state index is -4.14. The normalized spacial score (nSPS) is 11.6. The average Bonchev–Trinajstić information content (AvgIpc) is 2.55. The van der Waals surface area contributed by atoms with Crippen molar-refractivity contribution in [2.45, 2.75) is 17.6 Å².